The number of benzene rings is 2. The molecule has 0 aliphatic carbocycles. The zero-order valence-corrected chi connectivity index (χ0v) is 15.2. The summed E-state index contributed by atoms with van der Waals surface area (Å²) in [5.74, 6) is -3.10. The second kappa shape index (κ2) is 9.70. The van der Waals surface area contributed by atoms with Crippen LogP contribution in [0.25, 0.3) is 0 Å². The molecule has 0 saturated carbocycles. The van der Waals surface area contributed by atoms with Crippen molar-refractivity contribution in [1.29, 1.82) is 0 Å². The zero-order valence-electron chi connectivity index (χ0n) is 13.7. The molecule has 0 aliphatic rings. The van der Waals surface area contributed by atoms with Gasteiger partial charge in [-0.2, -0.15) is 0 Å². The van der Waals surface area contributed by atoms with Crippen LogP contribution in [0.1, 0.15) is 33.6 Å². The first-order valence-corrected chi connectivity index (χ1v) is 8.35. The van der Waals surface area contributed by atoms with Crippen molar-refractivity contribution in [3.05, 3.63) is 69.7 Å². The van der Waals surface area contributed by atoms with E-state index in [4.69, 9.17) is 33.1 Å². The molecule has 1 N–H and O–H groups in total. The highest BCUT2D eigenvalue weighted by molar-refractivity contribution is 6.34. The molecular weight excluding hydrogens is 397 g/mol. The van der Waals surface area contributed by atoms with E-state index in [-0.39, 0.29) is 34.0 Å². The predicted octanol–water partition coefficient (Wildman–Crippen LogP) is 4.10. The van der Waals surface area contributed by atoms with Gasteiger partial charge in [-0.3, -0.25) is 4.79 Å². The Bertz CT molecular complexity index is 897. The molecule has 0 fully saturated rings. The Hall–Kier alpha value is -2.90. The quantitative estimate of drug-likeness (QED) is 0.199. The fraction of sp³-hybridized carbons (Fsp3) is 0.111. The van der Waals surface area contributed by atoms with Crippen molar-refractivity contribution < 1.29 is 29.1 Å². The van der Waals surface area contributed by atoms with Crippen LogP contribution in [0.2, 0.25) is 10.0 Å². The summed E-state index contributed by atoms with van der Waals surface area (Å²) in [7, 11) is 0. The average Bonchev–Trinajstić information content (AvgIpc) is 2.65. The molecule has 2 aromatic carbocycles. The lowest BCUT2D eigenvalue weighted by Gasteiger charge is -2.07. The van der Waals surface area contributed by atoms with Crippen molar-refractivity contribution in [2.24, 2.45) is 5.16 Å². The van der Waals surface area contributed by atoms with Gasteiger partial charge in [0.1, 0.15) is 0 Å². The van der Waals surface area contributed by atoms with Crippen LogP contribution in [0.5, 0.6) is 0 Å². The van der Waals surface area contributed by atoms with Gasteiger partial charge in [-0.15, -0.1) is 0 Å². The minimum Gasteiger partial charge on any atom is -0.408 e. The molecular formula is C18H13Cl2NO6. The number of esters is 3. The molecule has 0 spiro atoms. The molecule has 7 nitrogen and oxygen atoms in total. The van der Waals surface area contributed by atoms with Gasteiger partial charge in [0.15, 0.2) is 0 Å². The third-order valence-corrected chi connectivity index (χ3v) is 3.92. The fourth-order valence-electron chi connectivity index (χ4n) is 1.96. The molecule has 2 rings (SSSR count). The summed E-state index contributed by atoms with van der Waals surface area (Å²) in [4.78, 5) is 35.7. The van der Waals surface area contributed by atoms with Crippen molar-refractivity contribution >= 4 is 47.0 Å². The van der Waals surface area contributed by atoms with Gasteiger partial charge < -0.3 is 14.7 Å². The summed E-state index contributed by atoms with van der Waals surface area (Å²) in [6.45, 7) is 0. The standard InChI is InChI=1S/C18H13Cl2NO6/c19-13-7-3-1-5-11(13)17(23)26-15(21-25)9-10-16(22)27-18(24)12-6-2-4-8-14(12)20/h1-8,25H,9-10H2/b21-15-. The topological polar surface area (TPSA) is 102 Å². The van der Waals surface area contributed by atoms with Crippen LogP contribution < -0.4 is 0 Å². The maximum atomic E-state index is 12.0. The molecule has 0 aliphatic heterocycles. The summed E-state index contributed by atoms with van der Waals surface area (Å²) in [5.41, 5.74) is 0.102. The molecule has 2 aromatic rings. The Labute approximate surface area is 164 Å². The maximum Gasteiger partial charge on any atom is 0.347 e. The molecule has 0 bridgehead atoms. The van der Waals surface area contributed by atoms with E-state index in [1.807, 2.05) is 0 Å². The van der Waals surface area contributed by atoms with E-state index < -0.39 is 23.8 Å². The van der Waals surface area contributed by atoms with Crippen molar-refractivity contribution in [2.75, 3.05) is 0 Å². The van der Waals surface area contributed by atoms with Crippen LogP contribution in [0, 0.1) is 0 Å². The van der Waals surface area contributed by atoms with Crippen molar-refractivity contribution in [1.82, 2.24) is 0 Å². The Balaban J connectivity index is 1.89. The number of oxime groups is 1. The first-order valence-electron chi connectivity index (χ1n) is 7.59. The van der Waals surface area contributed by atoms with E-state index in [1.165, 1.54) is 24.3 Å². The summed E-state index contributed by atoms with van der Waals surface area (Å²) in [6.07, 6.45) is -0.646. The third-order valence-electron chi connectivity index (χ3n) is 3.26. The van der Waals surface area contributed by atoms with Gasteiger partial charge in [0.05, 0.1) is 27.6 Å². The molecule has 0 saturated heterocycles. The van der Waals surface area contributed by atoms with Gasteiger partial charge in [-0.1, -0.05) is 52.6 Å². The lowest BCUT2D eigenvalue weighted by atomic mass is 10.2. The van der Waals surface area contributed by atoms with Crippen molar-refractivity contribution in [2.45, 2.75) is 12.8 Å². The molecule has 0 amide bonds. The lowest BCUT2D eigenvalue weighted by Crippen LogP contribution is -2.17. The highest BCUT2D eigenvalue weighted by Gasteiger charge is 2.19. The molecule has 0 aromatic heterocycles. The van der Waals surface area contributed by atoms with Crippen molar-refractivity contribution in [3.63, 3.8) is 0 Å². The second-order valence-electron chi connectivity index (χ2n) is 5.10. The fourth-order valence-corrected chi connectivity index (χ4v) is 2.38. The first kappa shape index (κ1) is 20.4. The highest BCUT2D eigenvalue weighted by Crippen LogP contribution is 2.17. The van der Waals surface area contributed by atoms with E-state index in [1.54, 1.807) is 24.3 Å². The van der Waals surface area contributed by atoms with Crippen LogP contribution in [0.4, 0.5) is 0 Å². The predicted molar refractivity (Wildman–Crippen MR) is 97.2 cm³/mol. The highest BCUT2D eigenvalue weighted by atomic mass is 35.5. The Morgan fingerprint density at radius 1 is 0.815 bits per heavy atom. The number of ether oxygens (including phenoxy) is 2. The lowest BCUT2D eigenvalue weighted by molar-refractivity contribution is -0.137. The normalized spacial score (nSPS) is 11.0. The Morgan fingerprint density at radius 2 is 1.30 bits per heavy atom. The number of hydrogen-bond donors (Lipinski definition) is 1. The minimum atomic E-state index is -0.916. The maximum absolute atomic E-state index is 12.0. The summed E-state index contributed by atoms with van der Waals surface area (Å²) in [6, 6.07) is 12.2. The SMILES string of the molecule is O=C(CC/C(=N/O)OC(=O)c1ccccc1Cl)OC(=O)c1ccccc1Cl. The number of hydrogen-bond acceptors (Lipinski definition) is 7. The summed E-state index contributed by atoms with van der Waals surface area (Å²) in [5, 5.41) is 12.1. The second-order valence-corrected chi connectivity index (χ2v) is 5.92. The Morgan fingerprint density at radius 3 is 1.78 bits per heavy atom. The van der Waals surface area contributed by atoms with Gasteiger partial charge in [-0.25, -0.2) is 9.59 Å². The molecule has 140 valence electrons. The average molecular weight is 410 g/mol. The van der Waals surface area contributed by atoms with Crippen molar-refractivity contribution in [3.8, 4) is 0 Å². The number of nitrogens with zero attached hydrogens (tertiary/aromatic N) is 1. The smallest absolute Gasteiger partial charge is 0.347 e. The van der Waals surface area contributed by atoms with E-state index in [0.717, 1.165) is 0 Å². The number of carbonyl (C=O) groups excluding carboxylic acids is 3. The third kappa shape index (κ3) is 5.80. The van der Waals surface area contributed by atoms with Crippen LogP contribution >= 0.6 is 23.2 Å². The number of carbonyl (C=O) groups is 3. The molecule has 0 atom stereocenters. The van der Waals surface area contributed by atoms with E-state index >= 15 is 0 Å². The molecule has 9 heteroatoms. The van der Waals surface area contributed by atoms with Gasteiger partial charge in [0, 0.05) is 6.42 Å². The largest absolute Gasteiger partial charge is 0.408 e. The molecule has 27 heavy (non-hydrogen) atoms. The molecule has 0 unspecified atom stereocenters. The van der Waals surface area contributed by atoms with Gasteiger partial charge in [-0.05, 0) is 24.3 Å². The Kier molecular flexibility index (Phi) is 7.34. The van der Waals surface area contributed by atoms with Gasteiger partial charge in [0.2, 0.25) is 5.90 Å². The molecule has 0 radical (unpaired) electrons. The van der Waals surface area contributed by atoms with Crippen LogP contribution in [0.15, 0.2) is 53.7 Å². The minimum absolute atomic E-state index is 0.0358. The monoisotopic (exact) mass is 409 g/mol. The van der Waals surface area contributed by atoms with Gasteiger partial charge >= 0.3 is 17.9 Å². The zero-order chi connectivity index (χ0) is 19.8. The number of rotatable bonds is 5. The van der Waals surface area contributed by atoms with Crippen LogP contribution in [-0.2, 0) is 14.3 Å². The van der Waals surface area contributed by atoms with Crippen LogP contribution in [-0.4, -0.2) is 29.0 Å². The van der Waals surface area contributed by atoms with Gasteiger partial charge in [0.25, 0.3) is 0 Å². The summed E-state index contributed by atoms with van der Waals surface area (Å²) >= 11 is 11.7. The number of halogens is 2. The first-order chi connectivity index (χ1) is 12.9. The summed E-state index contributed by atoms with van der Waals surface area (Å²) < 4.78 is 9.55. The molecule has 0 heterocycles. The van der Waals surface area contributed by atoms with E-state index in [2.05, 4.69) is 9.89 Å². The van der Waals surface area contributed by atoms with E-state index in [0.29, 0.717) is 0 Å². The van der Waals surface area contributed by atoms with Crippen LogP contribution in [0.3, 0.4) is 0 Å². The van der Waals surface area contributed by atoms with E-state index in [9.17, 15) is 14.4 Å².